The number of hydrogen-bond donors (Lipinski definition) is 1. The normalized spacial score (nSPS) is 17.7. The zero-order valence-corrected chi connectivity index (χ0v) is 8.46. The Morgan fingerprint density at radius 2 is 2.00 bits per heavy atom. The van der Waals surface area contributed by atoms with Crippen molar-refractivity contribution < 1.29 is 12.6 Å². The minimum atomic E-state index is -3.15. The van der Waals surface area contributed by atoms with Gasteiger partial charge in [-0.05, 0) is 6.92 Å². The van der Waals surface area contributed by atoms with Crippen molar-refractivity contribution in [2.24, 2.45) is 0 Å². The third kappa shape index (κ3) is 7.96. The van der Waals surface area contributed by atoms with E-state index in [1.54, 1.807) is 13.2 Å². The predicted molar refractivity (Wildman–Crippen MR) is 46.4 cm³/mol. The van der Waals surface area contributed by atoms with Crippen LogP contribution in [0.2, 0.25) is 0 Å². The van der Waals surface area contributed by atoms with Crippen molar-refractivity contribution in [3.8, 4) is 0 Å². The number of rotatable bonds is 4. The molecule has 0 aliphatic heterocycles. The third-order valence-corrected chi connectivity index (χ3v) is 2.70. The summed E-state index contributed by atoms with van der Waals surface area (Å²) in [6, 6.07) is -0.254. The van der Waals surface area contributed by atoms with Crippen LogP contribution in [0.25, 0.3) is 0 Å². The van der Waals surface area contributed by atoms with Gasteiger partial charge in [-0.15, -0.1) is 0 Å². The SMILES string of the molecule is CC(CS(C)=O)NS(C)(=O)=O. The van der Waals surface area contributed by atoms with E-state index in [0.717, 1.165) is 6.26 Å². The number of hydrogen-bond acceptors (Lipinski definition) is 3. The van der Waals surface area contributed by atoms with Gasteiger partial charge in [0.15, 0.2) is 0 Å². The Kier molecular flexibility index (Phi) is 4.20. The van der Waals surface area contributed by atoms with Gasteiger partial charge in [0.25, 0.3) is 0 Å². The molecule has 2 unspecified atom stereocenters. The van der Waals surface area contributed by atoms with Crippen LogP contribution in [0, 0.1) is 0 Å². The van der Waals surface area contributed by atoms with E-state index in [2.05, 4.69) is 4.72 Å². The summed E-state index contributed by atoms with van der Waals surface area (Å²) in [4.78, 5) is 0. The fourth-order valence-corrected chi connectivity index (χ4v) is 2.46. The molecular formula is C5H13NO3S2. The van der Waals surface area contributed by atoms with Gasteiger partial charge >= 0.3 is 0 Å². The Morgan fingerprint density at radius 1 is 1.55 bits per heavy atom. The maximum absolute atomic E-state index is 10.6. The molecule has 6 heteroatoms. The first-order valence-electron chi connectivity index (χ1n) is 3.08. The van der Waals surface area contributed by atoms with Crippen LogP contribution >= 0.6 is 0 Å². The molecule has 68 valence electrons. The van der Waals surface area contributed by atoms with Gasteiger partial charge in [-0.25, -0.2) is 13.1 Å². The van der Waals surface area contributed by atoms with Gasteiger partial charge in [0.05, 0.1) is 6.26 Å². The first-order chi connectivity index (χ1) is 4.81. The Balaban J connectivity index is 3.89. The third-order valence-electron chi connectivity index (χ3n) is 0.900. The first kappa shape index (κ1) is 11.1. The molecule has 2 atom stereocenters. The number of nitrogens with one attached hydrogen (secondary N) is 1. The fourth-order valence-electron chi connectivity index (χ4n) is 0.752. The topological polar surface area (TPSA) is 63.2 Å². The maximum atomic E-state index is 10.6. The molecule has 0 spiro atoms. The zero-order valence-electron chi connectivity index (χ0n) is 6.83. The van der Waals surface area contributed by atoms with E-state index in [0.29, 0.717) is 5.75 Å². The second-order valence-corrected chi connectivity index (χ2v) is 5.79. The lowest BCUT2D eigenvalue weighted by Gasteiger charge is -2.09. The van der Waals surface area contributed by atoms with Gasteiger partial charge in [0, 0.05) is 28.9 Å². The van der Waals surface area contributed by atoms with Gasteiger partial charge in [0.1, 0.15) is 0 Å². The smallest absolute Gasteiger partial charge is 0.208 e. The molecular weight excluding hydrogens is 186 g/mol. The Labute approximate surface area is 69.9 Å². The highest BCUT2D eigenvalue weighted by molar-refractivity contribution is 7.88. The molecule has 0 radical (unpaired) electrons. The van der Waals surface area contributed by atoms with Gasteiger partial charge < -0.3 is 0 Å². The molecule has 0 aliphatic rings. The highest BCUT2D eigenvalue weighted by atomic mass is 32.2. The molecule has 11 heavy (non-hydrogen) atoms. The average Bonchev–Trinajstić information content (AvgIpc) is 1.53. The summed E-state index contributed by atoms with van der Waals surface area (Å²) in [5.74, 6) is 0.354. The molecule has 0 aromatic heterocycles. The lowest BCUT2D eigenvalue weighted by atomic mass is 10.4. The van der Waals surface area contributed by atoms with Gasteiger partial charge in [-0.1, -0.05) is 0 Å². The van der Waals surface area contributed by atoms with Crippen molar-refractivity contribution in [1.82, 2.24) is 4.72 Å². The zero-order chi connectivity index (χ0) is 9.07. The molecule has 1 N–H and O–H groups in total. The van der Waals surface area contributed by atoms with Gasteiger partial charge in [-0.2, -0.15) is 0 Å². The summed E-state index contributed by atoms with van der Waals surface area (Å²) in [5.41, 5.74) is 0. The molecule has 0 saturated heterocycles. The van der Waals surface area contributed by atoms with Crippen molar-refractivity contribution in [3.05, 3.63) is 0 Å². The maximum Gasteiger partial charge on any atom is 0.208 e. The van der Waals surface area contributed by atoms with Gasteiger partial charge in [0.2, 0.25) is 10.0 Å². The van der Waals surface area contributed by atoms with Crippen molar-refractivity contribution in [3.63, 3.8) is 0 Å². The minimum Gasteiger partial charge on any atom is -0.260 e. The molecule has 0 amide bonds. The van der Waals surface area contributed by atoms with Crippen LogP contribution < -0.4 is 4.72 Å². The monoisotopic (exact) mass is 199 g/mol. The van der Waals surface area contributed by atoms with E-state index >= 15 is 0 Å². The number of sulfonamides is 1. The average molecular weight is 199 g/mol. The molecule has 0 fully saturated rings. The highest BCUT2D eigenvalue weighted by Gasteiger charge is 2.09. The highest BCUT2D eigenvalue weighted by Crippen LogP contribution is 1.87. The summed E-state index contributed by atoms with van der Waals surface area (Å²) in [7, 11) is -4.11. The Hall–Kier alpha value is 0.0600. The Morgan fingerprint density at radius 3 is 2.27 bits per heavy atom. The fraction of sp³-hybridized carbons (Fsp3) is 1.00. The van der Waals surface area contributed by atoms with Crippen molar-refractivity contribution in [2.45, 2.75) is 13.0 Å². The van der Waals surface area contributed by atoms with Crippen LogP contribution in [-0.4, -0.2) is 36.9 Å². The minimum absolute atomic E-state index is 0.254. The molecule has 0 aromatic carbocycles. The van der Waals surface area contributed by atoms with Crippen LogP contribution in [0.3, 0.4) is 0 Å². The van der Waals surface area contributed by atoms with Crippen LogP contribution in [0.1, 0.15) is 6.92 Å². The van der Waals surface area contributed by atoms with Crippen LogP contribution in [0.4, 0.5) is 0 Å². The Bertz CT molecular complexity index is 234. The van der Waals surface area contributed by atoms with Crippen molar-refractivity contribution in [1.29, 1.82) is 0 Å². The van der Waals surface area contributed by atoms with E-state index < -0.39 is 20.8 Å². The summed E-state index contributed by atoms with van der Waals surface area (Å²) in [6.45, 7) is 1.68. The van der Waals surface area contributed by atoms with Crippen molar-refractivity contribution in [2.75, 3.05) is 18.3 Å². The standard InChI is InChI=1S/C5H13NO3S2/c1-5(4-10(2)7)6-11(3,8)9/h5-6H,4H2,1-3H3. The molecule has 0 aromatic rings. The van der Waals surface area contributed by atoms with Crippen LogP contribution in [0.5, 0.6) is 0 Å². The molecule has 0 bridgehead atoms. The van der Waals surface area contributed by atoms with E-state index in [-0.39, 0.29) is 6.04 Å². The van der Waals surface area contributed by atoms with Crippen molar-refractivity contribution >= 4 is 20.8 Å². The first-order valence-corrected chi connectivity index (χ1v) is 6.70. The predicted octanol–water partition coefficient (Wildman–Crippen LogP) is -0.697. The lowest BCUT2D eigenvalue weighted by Crippen LogP contribution is -2.35. The van der Waals surface area contributed by atoms with E-state index in [1.165, 1.54) is 0 Å². The lowest BCUT2D eigenvalue weighted by molar-refractivity contribution is 0.576. The van der Waals surface area contributed by atoms with E-state index in [9.17, 15) is 12.6 Å². The van der Waals surface area contributed by atoms with E-state index in [1.807, 2.05) is 0 Å². The molecule has 0 aliphatic carbocycles. The second kappa shape index (κ2) is 4.18. The molecule has 0 rings (SSSR count). The largest absolute Gasteiger partial charge is 0.260 e. The molecule has 4 nitrogen and oxygen atoms in total. The quantitative estimate of drug-likeness (QED) is 0.651. The van der Waals surface area contributed by atoms with E-state index in [4.69, 9.17) is 0 Å². The summed E-state index contributed by atoms with van der Waals surface area (Å²) in [6.07, 6.45) is 2.63. The summed E-state index contributed by atoms with van der Waals surface area (Å²) in [5, 5.41) is 0. The van der Waals surface area contributed by atoms with Crippen LogP contribution in [0.15, 0.2) is 0 Å². The van der Waals surface area contributed by atoms with Gasteiger partial charge in [-0.3, -0.25) is 4.21 Å². The summed E-state index contributed by atoms with van der Waals surface area (Å²) < 4.78 is 34.2. The summed E-state index contributed by atoms with van der Waals surface area (Å²) >= 11 is 0. The molecule has 0 heterocycles. The van der Waals surface area contributed by atoms with Crippen LogP contribution in [-0.2, 0) is 20.8 Å². The second-order valence-electron chi connectivity index (χ2n) is 2.53. The molecule has 0 saturated carbocycles.